The van der Waals surface area contributed by atoms with Crippen LogP contribution in [0.3, 0.4) is 0 Å². The Hall–Kier alpha value is -2.37. The molecule has 1 atom stereocenters. The average Bonchev–Trinajstić information content (AvgIpc) is 2.45. The van der Waals surface area contributed by atoms with Crippen molar-refractivity contribution in [2.45, 2.75) is 33.7 Å². The lowest BCUT2D eigenvalue weighted by atomic mass is 10.1. The van der Waals surface area contributed by atoms with Gasteiger partial charge in [0.1, 0.15) is 6.04 Å². The number of hydrogen-bond donors (Lipinski definition) is 2. The number of aryl methyl sites for hydroxylation is 2. The topological polar surface area (TPSA) is 84.5 Å². The quantitative estimate of drug-likeness (QED) is 0.771. The maximum atomic E-state index is 11.9. The first-order valence-corrected chi connectivity index (χ1v) is 7.16. The van der Waals surface area contributed by atoms with Crippen molar-refractivity contribution in [1.29, 1.82) is 0 Å². The fourth-order valence-electron chi connectivity index (χ4n) is 1.93. The van der Waals surface area contributed by atoms with Crippen LogP contribution in [0, 0.1) is 13.8 Å². The monoisotopic (exact) mass is 306 g/mol. The van der Waals surface area contributed by atoms with Gasteiger partial charge < -0.3 is 15.4 Å². The number of likely N-dealkylation sites (N-methyl/N-ethyl adjacent to an activating group) is 1. The summed E-state index contributed by atoms with van der Waals surface area (Å²) >= 11 is 0. The van der Waals surface area contributed by atoms with Gasteiger partial charge in [-0.25, -0.2) is 4.79 Å². The van der Waals surface area contributed by atoms with Gasteiger partial charge in [0.2, 0.25) is 5.91 Å². The highest BCUT2D eigenvalue weighted by atomic mass is 16.5. The Morgan fingerprint density at radius 1 is 1.23 bits per heavy atom. The number of hydrogen-bond acceptors (Lipinski definition) is 4. The number of carbonyl (C=O) groups is 3. The van der Waals surface area contributed by atoms with Crippen molar-refractivity contribution in [3.8, 4) is 0 Å². The van der Waals surface area contributed by atoms with Crippen molar-refractivity contribution in [1.82, 2.24) is 10.6 Å². The van der Waals surface area contributed by atoms with Crippen LogP contribution >= 0.6 is 0 Å². The van der Waals surface area contributed by atoms with Crippen molar-refractivity contribution >= 4 is 17.8 Å². The van der Waals surface area contributed by atoms with Crippen LogP contribution in [-0.4, -0.2) is 37.0 Å². The van der Waals surface area contributed by atoms with Crippen molar-refractivity contribution in [3.05, 3.63) is 34.9 Å². The van der Waals surface area contributed by atoms with Gasteiger partial charge in [0.25, 0.3) is 5.91 Å². The molecule has 0 radical (unpaired) electrons. The third-order valence-corrected chi connectivity index (χ3v) is 3.06. The molecule has 0 heterocycles. The van der Waals surface area contributed by atoms with Crippen molar-refractivity contribution in [3.63, 3.8) is 0 Å². The Bertz CT molecular complexity index is 569. The molecule has 2 amide bonds. The average molecular weight is 306 g/mol. The van der Waals surface area contributed by atoms with E-state index in [2.05, 4.69) is 10.6 Å². The van der Waals surface area contributed by atoms with E-state index in [0.29, 0.717) is 12.1 Å². The van der Waals surface area contributed by atoms with E-state index in [-0.39, 0.29) is 5.91 Å². The Labute approximate surface area is 130 Å². The molecular weight excluding hydrogens is 284 g/mol. The highest BCUT2D eigenvalue weighted by Gasteiger charge is 2.17. The van der Waals surface area contributed by atoms with Gasteiger partial charge in [-0.05, 0) is 39.3 Å². The molecular formula is C16H22N2O4. The number of carbonyl (C=O) groups excluding carboxylic acids is 3. The molecule has 0 unspecified atom stereocenters. The van der Waals surface area contributed by atoms with Gasteiger partial charge in [0.05, 0.1) is 5.56 Å². The van der Waals surface area contributed by atoms with Crippen molar-refractivity contribution < 1.29 is 19.1 Å². The van der Waals surface area contributed by atoms with Gasteiger partial charge in [0.15, 0.2) is 6.61 Å². The molecule has 0 saturated carbocycles. The Morgan fingerprint density at radius 3 is 2.50 bits per heavy atom. The molecule has 0 aliphatic heterocycles. The smallest absolute Gasteiger partial charge is 0.338 e. The summed E-state index contributed by atoms with van der Waals surface area (Å²) in [5.41, 5.74) is 2.26. The van der Waals surface area contributed by atoms with Gasteiger partial charge >= 0.3 is 5.97 Å². The maximum absolute atomic E-state index is 11.9. The Morgan fingerprint density at radius 2 is 1.91 bits per heavy atom. The molecule has 6 nitrogen and oxygen atoms in total. The highest BCUT2D eigenvalue weighted by molar-refractivity contribution is 5.93. The van der Waals surface area contributed by atoms with Gasteiger partial charge in [-0.1, -0.05) is 17.7 Å². The van der Waals surface area contributed by atoms with Crippen molar-refractivity contribution in [2.24, 2.45) is 0 Å². The zero-order chi connectivity index (χ0) is 16.7. The molecule has 1 aromatic rings. The summed E-state index contributed by atoms with van der Waals surface area (Å²) in [6.45, 7) is 7.16. The van der Waals surface area contributed by atoms with E-state index in [9.17, 15) is 14.4 Å². The summed E-state index contributed by atoms with van der Waals surface area (Å²) in [4.78, 5) is 35.1. The molecule has 2 N–H and O–H groups in total. The first-order chi connectivity index (χ1) is 10.3. The molecule has 0 aliphatic carbocycles. The lowest BCUT2D eigenvalue weighted by Crippen LogP contribution is -2.46. The first kappa shape index (κ1) is 17.7. The molecule has 0 bridgehead atoms. The van der Waals surface area contributed by atoms with E-state index in [0.717, 1.165) is 11.1 Å². The van der Waals surface area contributed by atoms with Crippen molar-refractivity contribution in [2.75, 3.05) is 13.2 Å². The first-order valence-electron chi connectivity index (χ1n) is 7.16. The molecule has 0 saturated heterocycles. The van der Waals surface area contributed by atoms with Crippen LogP contribution in [0.15, 0.2) is 18.2 Å². The summed E-state index contributed by atoms with van der Waals surface area (Å²) in [5, 5.41) is 5.06. The molecule has 0 spiro atoms. The maximum Gasteiger partial charge on any atom is 0.338 e. The normalized spacial score (nSPS) is 11.5. The van der Waals surface area contributed by atoms with E-state index in [1.165, 1.54) is 0 Å². The Balaban J connectivity index is 2.50. The molecule has 6 heteroatoms. The number of amides is 2. The van der Waals surface area contributed by atoms with Gasteiger partial charge in [0, 0.05) is 6.54 Å². The summed E-state index contributed by atoms with van der Waals surface area (Å²) in [5.74, 6) is -1.35. The second-order valence-corrected chi connectivity index (χ2v) is 5.08. The molecule has 0 fully saturated rings. The number of esters is 1. The number of nitrogens with one attached hydrogen (secondary N) is 2. The van der Waals surface area contributed by atoms with E-state index >= 15 is 0 Å². The molecule has 0 aliphatic rings. The van der Waals surface area contributed by atoms with Crippen LogP contribution in [0.2, 0.25) is 0 Å². The molecule has 1 aromatic carbocycles. The molecule has 0 aromatic heterocycles. The van der Waals surface area contributed by atoms with Crippen LogP contribution in [0.5, 0.6) is 0 Å². The minimum atomic E-state index is -0.674. The largest absolute Gasteiger partial charge is 0.452 e. The highest BCUT2D eigenvalue weighted by Crippen LogP contribution is 2.11. The minimum Gasteiger partial charge on any atom is -0.452 e. The number of rotatable bonds is 6. The SMILES string of the molecule is CCNC(=O)[C@@H](C)NC(=O)COC(=O)c1ccc(C)cc1C. The van der Waals surface area contributed by atoms with Gasteiger partial charge in [-0.15, -0.1) is 0 Å². The lowest BCUT2D eigenvalue weighted by molar-refractivity contribution is -0.130. The lowest BCUT2D eigenvalue weighted by Gasteiger charge is -2.13. The van der Waals surface area contributed by atoms with E-state index in [4.69, 9.17) is 4.74 Å². The van der Waals surface area contributed by atoms with E-state index in [1.54, 1.807) is 32.9 Å². The predicted octanol–water partition coefficient (Wildman–Crippen LogP) is 1.10. The third kappa shape index (κ3) is 5.20. The second kappa shape index (κ2) is 8.17. The second-order valence-electron chi connectivity index (χ2n) is 5.08. The summed E-state index contributed by atoms with van der Waals surface area (Å²) < 4.78 is 4.97. The predicted molar refractivity (Wildman–Crippen MR) is 82.5 cm³/mol. The molecule has 1 rings (SSSR count). The third-order valence-electron chi connectivity index (χ3n) is 3.06. The van der Waals surface area contributed by atoms with Crippen LogP contribution < -0.4 is 10.6 Å². The van der Waals surface area contributed by atoms with E-state index < -0.39 is 24.5 Å². The zero-order valence-corrected chi connectivity index (χ0v) is 13.4. The summed E-state index contributed by atoms with van der Waals surface area (Å²) in [7, 11) is 0. The summed E-state index contributed by atoms with van der Waals surface area (Å²) in [6, 6.07) is 4.67. The minimum absolute atomic E-state index is 0.281. The van der Waals surface area contributed by atoms with Crippen LogP contribution in [0.4, 0.5) is 0 Å². The number of ether oxygens (including phenoxy) is 1. The molecule has 120 valence electrons. The van der Waals surface area contributed by atoms with Crippen LogP contribution in [0.25, 0.3) is 0 Å². The zero-order valence-electron chi connectivity index (χ0n) is 13.4. The van der Waals surface area contributed by atoms with Crippen LogP contribution in [0.1, 0.15) is 35.3 Å². The molecule has 22 heavy (non-hydrogen) atoms. The number of benzene rings is 1. The van der Waals surface area contributed by atoms with Gasteiger partial charge in [-0.3, -0.25) is 9.59 Å². The fraction of sp³-hybridized carbons (Fsp3) is 0.438. The standard InChI is InChI=1S/C16H22N2O4/c1-5-17-15(20)12(4)18-14(19)9-22-16(21)13-7-6-10(2)8-11(13)3/h6-8,12H,5,9H2,1-4H3,(H,17,20)(H,18,19)/t12-/m1/s1. The fourth-order valence-corrected chi connectivity index (χ4v) is 1.93. The van der Waals surface area contributed by atoms with Crippen LogP contribution in [-0.2, 0) is 14.3 Å². The summed E-state index contributed by atoms with van der Waals surface area (Å²) in [6.07, 6.45) is 0. The Kier molecular flexibility index (Phi) is 6.56. The van der Waals surface area contributed by atoms with E-state index in [1.807, 2.05) is 13.0 Å². The van der Waals surface area contributed by atoms with Gasteiger partial charge in [-0.2, -0.15) is 0 Å².